The summed E-state index contributed by atoms with van der Waals surface area (Å²) < 4.78 is 0. The van der Waals surface area contributed by atoms with Crippen molar-refractivity contribution in [2.45, 2.75) is 65.8 Å². The van der Waals surface area contributed by atoms with Crippen LogP contribution in [0.15, 0.2) is 0 Å². The van der Waals surface area contributed by atoms with E-state index in [0.29, 0.717) is 19.6 Å². The summed E-state index contributed by atoms with van der Waals surface area (Å²) >= 11 is 0. The van der Waals surface area contributed by atoms with E-state index in [1.807, 2.05) is 18.7 Å². The maximum atomic E-state index is 12.6. The molecule has 2 fully saturated rings. The highest BCUT2D eigenvalue weighted by Gasteiger charge is 2.32. The Hall–Kier alpha value is -1.10. The summed E-state index contributed by atoms with van der Waals surface area (Å²) in [6.45, 7) is 15.0. The Balaban J connectivity index is 1.78. The Labute approximate surface area is 153 Å². The van der Waals surface area contributed by atoms with Crippen molar-refractivity contribution in [3.63, 3.8) is 0 Å². The van der Waals surface area contributed by atoms with Crippen LogP contribution < -0.4 is 5.32 Å². The van der Waals surface area contributed by atoms with Crippen molar-refractivity contribution < 1.29 is 9.59 Å². The van der Waals surface area contributed by atoms with Gasteiger partial charge in [0.05, 0.1) is 0 Å². The van der Waals surface area contributed by atoms with Crippen molar-refractivity contribution in [3.8, 4) is 0 Å². The van der Waals surface area contributed by atoms with Gasteiger partial charge in [-0.05, 0) is 52.0 Å². The molecule has 2 aliphatic heterocycles. The van der Waals surface area contributed by atoms with Gasteiger partial charge in [-0.3, -0.25) is 14.5 Å². The summed E-state index contributed by atoms with van der Waals surface area (Å²) in [5, 5.41) is 3.19. The molecule has 0 aromatic rings. The van der Waals surface area contributed by atoms with Gasteiger partial charge in [0.25, 0.3) is 0 Å². The first-order chi connectivity index (χ1) is 11.7. The lowest BCUT2D eigenvalue weighted by molar-refractivity contribution is -0.138. The lowest BCUT2D eigenvalue weighted by Crippen LogP contribution is -2.55. The first-order valence-corrected chi connectivity index (χ1v) is 10.0. The Morgan fingerprint density at radius 2 is 1.76 bits per heavy atom. The van der Waals surface area contributed by atoms with Gasteiger partial charge in [0.1, 0.15) is 0 Å². The molecule has 2 heterocycles. The first kappa shape index (κ1) is 20.2. The summed E-state index contributed by atoms with van der Waals surface area (Å²) in [5.41, 5.74) is -0.00134. The van der Waals surface area contributed by atoms with Crippen molar-refractivity contribution in [3.05, 3.63) is 0 Å². The summed E-state index contributed by atoms with van der Waals surface area (Å²) in [6, 6.07) is 0. The third kappa shape index (κ3) is 5.44. The third-order valence-corrected chi connectivity index (χ3v) is 5.88. The molecular formula is C20H37N3O2. The lowest BCUT2D eigenvalue weighted by atomic mass is 9.92. The molecule has 0 radical (unpaired) electrons. The van der Waals surface area contributed by atoms with Crippen LogP contribution in [-0.4, -0.2) is 59.9 Å². The van der Waals surface area contributed by atoms with E-state index in [4.69, 9.17) is 0 Å². The van der Waals surface area contributed by atoms with Gasteiger partial charge in [0.2, 0.25) is 11.8 Å². The Morgan fingerprint density at radius 1 is 1.12 bits per heavy atom. The standard InChI is InChI=1S/C20H37N3O2/c1-15(2)19(25)22-11-8-17(9-12-22)18(24)21-14-20(4,5)23-10-6-7-16(3)13-23/h15-17H,6-14H2,1-5H3,(H,21,24). The van der Waals surface area contributed by atoms with Gasteiger partial charge in [0, 0.05) is 43.6 Å². The number of nitrogens with zero attached hydrogens (tertiary/aromatic N) is 2. The minimum atomic E-state index is -0.00134. The van der Waals surface area contributed by atoms with Crippen molar-refractivity contribution in [1.29, 1.82) is 0 Å². The fraction of sp³-hybridized carbons (Fsp3) is 0.900. The molecule has 0 bridgehead atoms. The highest BCUT2D eigenvalue weighted by atomic mass is 16.2. The van der Waals surface area contributed by atoms with Gasteiger partial charge in [0.15, 0.2) is 0 Å². The Morgan fingerprint density at radius 3 is 2.32 bits per heavy atom. The van der Waals surface area contributed by atoms with Crippen LogP contribution >= 0.6 is 0 Å². The Kier molecular flexibility index (Phi) is 6.89. The predicted octanol–water partition coefficient (Wildman–Crippen LogP) is 2.51. The van der Waals surface area contributed by atoms with E-state index in [9.17, 15) is 9.59 Å². The molecule has 5 nitrogen and oxygen atoms in total. The van der Waals surface area contributed by atoms with Gasteiger partial charge in [-0.2, -0.15) is 0 Å². The number of carbonyl (C=O) groups excluding carboxylic acids is 2. The summed E-state index contributed by atoms with van der Waals surface area (Å²) in [6.07, 6.45) is 4.13. The molecule has 0 spiro atoms. The second kappa shape index (κ2) is 8.52. The van der Waals surface area contributed by atoms with Crippen molar-refractivity contribution >= 4 is 11.8 Å². The molecular weight excluding hydrogens is 314 g/mol. The number of carbonyl (C=O) groups is 2. The number of nitrogens with one attached hydrogen (secondary N) is 1. The van der Waals surface area contributed by atoms with Crippen LogP contribution in [0.1, 0.15) is 60.3 Å². The normalized spacial score (nSPS) is 23.8. The molecule has 0 saturated carbocycles. The number of hydrogen-bond donors (Lipinski definition) is 1. The largest absolute Gasteiger partial charge is 0.354 e. The van der Waals surface area contributed by atoms with Crippen LogP contribution in [0.25, 0.3) is 0 Å². The van der Waals surface area contributed by atoms with E-state index in [1.54, 1.807) is 0 Å². The van der Waals surface area contributed by atoms with Gasteiger partial charge >= 0.3 is 0 Å². The highest BCUT2D eigenvalue weighted by molar-refractivity contribution is 5.80. The minimum Gasteiger partial charge on any atom is -0.354 e. The van der Waals surface area contributed by atoms with Crippen LogP contribution in [0.5, 0.6) is 0 Å². The molecule has 5 heteroatoms. The maximum absolute atomic E-state index is 12.6. The molecule has 0 aromatic carbocycles. The topological polar surface area (TPSA) is 52.7 Å². The van der Waals surface area contributed by atoms with Crippen molar-refractivity contribution in [1.82, 2.24) is 15.1 Å². The fourth-order valence-corrected chi connectivity index (χ4v) is 4.03. The van der Waals surface area contributed by atoms with Crippen molar-refractivity contribution in [2.75, 3.05) is 32.7 Å². The smallest absolute Gasteiger partial charge is 0.225 e. The zero-order chi connectivity index (χ0) is 18.6. The second-order valence-corrected chi connectivity index (χ2v) is 8.98. The van der Waals surface area contributed by atoms with E-state index in [1.165, 1.54) is 12.8 Å². The van der Waals surface area contributed by atoms with E-state index >= 15 is 0 Å². The predicted molar refractivity (Wildman–Crippen MR) is 101 cm³/mol. The van der Waals surface area contributed by atoms with E-state index < -0.39 is 0 Å². The van der Waals surface area contributed by atoms with Gasteiger partial charge in [-0.15, -0.1) is 0 Å². The molecule has 1 N–H and O–H groups in total. The van der Waals surface area contributed by atoms with Gasteiger partial charge < -0.3 is 10.2 Å². The molecule has 2 rings (SSSR count). The fourth-order valence-electron chi connectivity index (χ4n) is 4.03. The number of likely N-dealkylation sites (tertiary alicyclic amines) is 2. The Bertz CT molecular complexity index is 468. The van der Waals surface area contributed by atoms with Crippen LogP contribution in [0.4, 0.5) is 0 Å². The minimum absolute atomic E-state index is 0.00134. The van der Waals surface area contributed by atoms with E-state index in [2.05, 4.69) is 31.0 Å². The number of rotatable bonds is 5. The summed E-state index contributed by atoms with van der Waals surface area (Å²) in [7, 11) is 0. The zero-order valence-corrected chi connectivity index (χ0v) is 16.8. The van der Waals surface area contributed by atoms with E-state index in [0.717, 1.165) is 31.8 Å². The zero-order valence-electron chi connectivity index (χ0n) is 16.8. The highest BCUT2D eigenvalue weighted by Crippen LogP contribution is 2.24. The molecule has 2 saturated heterocycles. The van der Waals surface area contributed by atoms with E-state index in [-0.39, 0.29) is 29.2 Å². The van der Waals surface area contributed by atoms with Crippen LogP contribution in [0, 0.1) is 17.8 Å². The van der Waals surface area contributed by atoms with Crippen molar-refractivity contribution in [2.24, 2.45) is 17.8 Å². The second-order valence-electron chi connectivity index (χ2n) is 8.98. The number of amides is 2. The molecule has 1 unspecified atom stereocenters. The molecule has 2 aliphatic rings. The molecule has 0 aliphatic carbocycles. The number of hydrogen-bond acceptors (Lipinski definition) is 3. The number of piperidine rings is 2. The first-order valence-electron chi connectivity index (χ1n) is 10.0. The molecule has 1 atom stereocenters. The summed E-state index contributed by atoms with van der Waals surface area (Å²) in [4.78, 5) is 29.1. The average molecular weight is 352 g/mol. The maximum Gasteiger partial charge on any atom is 0.225 e. The van der Waals surface area contributed by atoms with Crippen LogP contribution in [0.2, 0.25) is 0 Å². The third-order valence-electron chi connectivity index (χ3n) is 5.88. The van der Waals surface area contributed by atoms with Crippen LogP contribution in [0.3, 0.4) is 0 Å². The quantitative estimate of drug-likeness (QED) is 0.828. The summed E-state index contributed by atoms with van der Waals surface area (Å²) in [5.74, 6) is 1.20. The van der Waals surface area contributed by atoms with Gasteiger partial charge in [-0.25, -0.2) is 0 Å². The molecule has 144 valence electrons. The lowest BCUT2D eigenvalue weighted by Gasteiger charge is -2.43. The van der Waals surface area contributed by atoms with Crippen LogP contribution in [-0.2, 0) is 9.59 Å². The molecule has 2 amide bonds. The molecule has 25 heavy (non-hydrogen) atoms. The monoisotopic (exact) mass is 351 g/mol. The van der Waals surface area contributed by atoms with Gasteiger partial charge in [-0.1, -0.05) is 20.8 Å². The SMILES string of the molecule is CC1CCCN(C(C)(C)CNC(=O)C2CCN(C(=O)C(C)C)CC2)C1. The average Bonchev–Trinajstić information content (AvgIpc) is 2.59. The molecule has 0 aromatic heterocycles.